The van der Waals surface area contributed by atoms with Crippen molar-refractivity contribution in [1.29, 1.82) is 0 Å². The molecule has 118 valence electrons. The third-order valence-corrected chi connectivity index (χ3v) is 5.29. The molecule has 0 aliphatic heterocycles. The van der Waals surface area contributed by atoms with E-state index in [1.807, 2.05) is 36.6 Å². The van der Waals surface area contributed by atoms with Crippen molar-refractivity contribution in [2.75, 3.05) is 18.9 Å². The second kappa shape index (κ2) is 8.31. The van der Waals surface area contributed by atoms with Crippen molar-refractivity contribution in [3.05, 3.63) is 45.9 Å². The smallest absolute Gasteiger partial charge is 0.251 e. The lowest BCUT2D eigenvalue weighted by Gasteiger charge is -2.10. The monoisotopic (exact) mass is 336 g/mol. The topological polar surface area (TPSA) is 62.2 Å². The Morgan fingerprint density at radius 1 is 1.41 bits per heavy atom. The number of hydrogen-bond acceptors (Lipinski definition) is 5. The summed E-state index contributed by atoms with van der Waals surface area (Å²) in [4.78, 5) is 17.6. The Morgan fingerprint density at radius 3 is 2.73 bits per heavy atom. The van der Waals surface area contributed by atoms with Gasteiger partial charge in [0.15, 0.2) is 0 Å². The van der Waals surface area contributed by atoms with Crippen LogP contribution >= 0.6 is 23.1 Å². The Balaban J connectivity index is 1.86. The molecule has 0 aliphatic carbocycles. The predicted octanol–water partition coefficient (Wildman–Crippen LogP) is 3.07. The zero-order valence-corrected chi connectivity index (χ0v) is 14.3. The van der Waals surface area contributed by atoms with Crippen LogP contribution in [0.1, 0.15) is 33.9 Å². The van der Waals surface area contributed by atoms with E-state index in [1.165, 1.54) is 0 Å². The van der Waals surface area contributed by atoms with Crippen molar-refractivity contribution in [2.45, 2.75) is 24.7 Å². The second-order valence-corrected chi connectivity index (χ2v) is 7.09. The van der Waals surface area contributed by atoms with Crippen LogP contribution in [0, 0.1) is 6.92 Å². The van der Waals surface area contributed by atoms with Crippen molar-refractivity contribution in [2.24, 2.45) is 0 Å². The molecule has 2 rings (SSSR count). The van der Waals surface area contributed by atoms with E-state index >= 15 is 0 Å². The van der Waals surface area contributed by atoms with E-state index in [1.54, 1.807) is 23.1 Å². The van der Waals surface area contributed by atoms with Crippen molar-refractivity contribution in [3.8, 4) is 0 Å². The Kier molecular flexibility index (Phi) is 6.42. The molecule has 1 aromatic heterocycles. The lowest BCUT2D eigenvalue weighted by molar-refractivity contribution is 0.0951. The molecule has 0 fully saturated rings. The highest BCUT2D eigenvalue weighted by Crippen LogP contribution is 2.20. The third-order valence-electron chi connectivity index (χ3n) is 3.10. The van der Waals surface area contributed by atoms with Crippen LogP contribution in [-0.4, -0.2) is 34.9 Å². The maximum Gasteiger partial charge on any atom is 0.251 e. The van der Waals surface area contributed by atoms with Gasteiger partial charge in [0.2, 0.25) is 0 Å². The summed E-state index contributed by atoms with van der Waals surface area (Å²) >= 11 is 3.20. The molecule has 22 heavy (non-hydrogen) atoms. The van der Waals surface area contributed by atoms with Crippen LogP contribution in [0.3, 0.4) is 0 Å². The number of thioether (sulfide) groups is 1. The Hall–Kier alpha value is -1.37. The number of aliphatic hydroxyl groups is 1. The van der Waals surface area contributed by atoms with Gasteiger partial charge in [0.1, 0.15) is 0 Å². The fraction of sp³-hybridized carbons (Fsp3) is 0.375. The van der Waals surface area contributed by atoms with E-state index in [9.17, 15) is 4.79 Å². The number of aryl methyl sites for hydroxylation is 1. The molecule has 0 unspecified atom stereocenters. The minimum absolute atomic E-state index is 0.0705. The number of aliphatic hydroxyl groups excluding tert-OH is 1. The molecule has 1 heterocycles. The summed E-state index contributed by atoms with van der Waals surface area (Å²) in [6.45, 7) is 4.77. The van der Waals surface area contributed by atoms with Crippen LogP contribution in [0.4, 0.5) is 0 Å². The van der Waals surface area contributed by atoms with Crippen molar-refractivity contribution in [3.63, 3.8) is 0 Å². The zero-order valence-electron chi connectivity index (χ0n) is 12.7. The van der Waals surface area contributed by atoms with Crippen molar-refractivity contribution >= 4 is 29.0 Å². The first-order valence-electron chi connectivity index (χ1n) is 7.14. The number of carbonyl (C=O) groups excluding carboxylic acids is 1. The van der Waals surface area contributed by atoms with Gasteiger partial charge in [-0.1, -0.05) is 6.92 Å². The Bertz CT molecular complexity index is 611. The van der Waals surface area contributed by atoms with E-state index in [4.69, 9.17) is 5.11 Å². The highest BCUT2D eigenvalue weighted by Gasteiger charge is 2.12. The van der Waals surface area contributed by atoms with Gasteiger partial charge in [-0.25, -0.2) is 4.98 Å². The van der Waals surface area contributed by atoms with E-state index in [0.29, 0.717) is 17.9 Å². The minimum Gasteiger partial charge on any atom is -0.396 e. The summed E-state index contributed by atoms with van der Waals surface area (Å²) in [5.74, 6) is 0.803. The normalized spacial score (nSPS) is 12.1. The largest absolute Gasteiger partial charge is 0.396 e. The molecule has 0 aliphatic rings. The number of aromatic nitrogens is 1. The third kappa shape index (κ3) is 4.83. The number of benzene rings is 1. The average molecular weight is 336 g/mol. The molecule has 1 atom stereocenters. The van der Waals surface area contributed by atoms with Gasteiger partial charge in [-0.3, -0.25) is 4.79 Å². The molecule has 1 amide bonds. The first-order valence-corrected chi connectivity index (χ1v) is 9.00. The minimum atomic E-state index is -0.0705. The molecular weight excluding hydrogens is 316 g/mol. The van der Waals surface area contributed by atoms with E-state index < -0.39 is 0 Å². The Morgan fingerprint density at radius 2 is 2.14 bits per heavy atom. The maximum absolute atomic E-state index is 12.1. The van der Waals surface area contributed by atoms with Gasteiger partial charge in [-0.05, 0) is 31.2 Å². The highest BCUT2D eigenvalue weighted by molar-refractivity contribution is 7.99. The van der Waals surface area contributed by atoms with Crippen LogP contribution in [0.5, 0.6) is 0 Å². The summed E-state index contributed by atoms with van der Waals surface area (Å²) in [7, 11) is 0. The summed E-state index contributed by atoms with van der Waals surface area (Å²) in [6, 6.07) is 7.44. The van der Waals surface area contributed by atoms with Gasteiger partial charge in [0.25, 0.3) is 5.91 Å². The number of rotatable bonds is 7. The van der Waals surface area contributed by atoms with Gasteiger partial charge in [-0.15, -0.1) is 23.1 Å². The fourth-order valence-electron chi connectivity index (χ4n) is 1.90. The lowest BCUT2D eigenvalue weighted by atomic mass is 10.1. The highest BCUT2D eigenvalue weighted by atomic mass is 32.2. The van der Waals surface area contributed by atoms with Crippen LogP contribution in [0.2, 0.25) is 0 Å². The average Bonchev–Trinajstić information content (AvgIpc) is 2.97. The number of amides is 1. The molecule has 6 heteroatoms. The molecule has 0 radical (unpaired) electrons. The summed E-state index contributed by atoms with van der Waals surface area (Å²) in [6.07, 6.45) is 0. The van der Waals surface area contributed by atoms with E-state index in [2.05, 4.69) is 17.2 Å². The molecule has 0 spiro atoms. The number of carbonyl (C=O) groups is 1. The molecule has 1 aromatic carbocycles. The maximum atomic E-state index is 12.1. The van der Waals surface area contributed by atoms with E-state index in [-0.39, 0.29) is 18.4 Å². The molecule has 0 saturated carbocycles. The standard InChI is InChI=1S/C16H20N2O2S2/c1-11(16-18-12(2)10-22-16)9-17-15(20)13-3-5-14(6-4-13)21-8-7-19/h3-6,10-11,19H,7-9H2,1-2H3,(H,17,20)/t11-/m0/s1. The van der Waals surface area contributed by atoms with Crippen LogP contribution < -0.4 is 5.32 Å². The Labute approximate surface area is 139 Å². The number of nitrogens with one attached hydrogen (secondary N) is 1. The summed E-state index contributed by atoms with van der Waals surface area (Å²) in [5, 5.41) is 14.8. The van der Waals surface area contributed by atoms with Gasteiger partial charge >= 0.3 is 0 Å². The molecule has 0 saturated heterocycles. The number of thiazole rings is 1. The molecule has 4 nitrogen and oxygen atoms in total. The van der Waals surface area contributed by atoms with Crippen LogP contribution in [0.15, 0.2) is 34.5 Å². The number of nitrogens with zero attached hydrogens (tertiary/aromatic N) is 1. The molecular formula is C16H20N2O2S2. The van der Waals surface area contributed by atoms with Crippen LogP contribution in [0.25, 0.3) is 0 Å². The fourth-order valence-corrected chi connectivity index (χ4v) is 3.41. The number of hydrogen-bond donors (Lipinski definition) is 2. The summed E-state index contributed by atoms with van der Waals surface area (Å²) < 4.78 is 0. The van der Waals surface area contributed by atoms with Gasteiger partial charge < -0.3 is 10.4 Å². The van der Waals surface area contributed by atoms with Gasteiger partial charge in [-0.2, -0.15) is 0 Å². The molecule has 2 aromatic rings. The second-order valence-electron chi connectivity index (χ2n) is 5.03. The molecule has 0 bridgehead atoms. The SMILES string of the molecule is Cc1csc([C@@H](C)CNC(=O)c2ccc(SCCO)cc2)n1. The van der Waals surface area contributed by atoms with Crippen molar-refractivity contribution in [1.82, 2.24) is 10.3 Å². The van der Waals surface area contributed by atoms with Gasteiger partial charge in [0, 0.05) is 39.7 Å². The van der Waals surface area contributed by atoms with Gasteiger partial charge in [0.05, 0.1) is 11.6 Å². The molecule has 2 N–H and O–H groups in total. The van der Waals surface area contributed by atoms with E-state index in [0.717, 1.165) is 15.6 Å². The lowest BCUT2D eigenvalue weighted by Crippen LogP contribution is -2.27. The summed E-state index contributed by atoms with van der Waals surface area (Å²) in [5.41, 5.74) is 1.67. The zero-order chi connectivity index (χ0) is 15.9. The quantitative estimate of drug-likeness (QED) is 0.763. The first-order chi connectivity index (χ1) is 10.6. The predicted molar refractivity (Wildman–Crippen MR) is 91.9 cm³/mol. The van der Waals surface area contributed by atoms with Crippen molar-refractivity contribution < 1.29 is 9.90 Å². The first kappa shape index (κ1) is 17.0. The van der Waals surface area contributed by atoms with Crippen LogP contribution in [-0.2, 0) is 0 Å².